The van der Waals surface area contributed by atoms with Crippen LogP contribution in [0, 0.1) is 6.92 Å². The van der Waals surface area contributed by atoms with Crippen molar-refractivity contribution in [2.45, 2.75) is 60.0 Å². The van der Waals surface area contributed by atoms with Gasteiger partial charge in [-0.25, -0.2) is 0 Å². The van der Waals surface area contributed by atoms with Gasteiger partial charge in [-0.15, -0.1) is 0 Å². The molecule has 1 aromatic heterocycles. The third-order valence-electron chi connectivity index (χ3n) is 3.50. The molecule has 0 aliphatic carbocycles. The maximum atomic E-state index is 11.7. The maximum Gasteiger partial charge on any atom is 0.161 e. The van der Waals surface area contributed by atoms with E-state index in [1.54, 1.807) is 20.0 Å². The van der Waals surface area contributed by atoms with Crippen LogP contribution in [0.3, 0.4) is 0 Å². The number of Topliss-reactive ketones (excluding diaryl/α,β-unsaturated/α-hetero) is 2. The van der Waals surface area contributed by atoms with Crippen LogP contribution in [0.2, 0.25) is 0 Å². The van der Waals surface area contributed by atoms with Crippen molar-refractivity contribution in [1.82, 2.24) is 4.57 Å². The number of carbonyl (C=O) groups is 2. The monoisotopic (exact) mass is 276 g/mol. The van der Waals surface area contributed by atoms with Gasteiger partial charge in [0.05, 0.1) is 6.54 Å². The highest BCUT2D eigenvalue weighted by Gasteiger charge is 2.15. The quantitative estimate of drug-likeness (QED) is 0.568. The van der Waals surface area contributed by atoms with Crippen LogP contribution in [-0.2, 0) is 17.8 Å². The van der Waals surface area contributed by atoms with Gasteiger partial charge in [0.25, 0.3) is 0 Å². The molecule has 1 rings (SSSR count). The Hall–Kier alpha value is -1.71. The lowest BCUT2D eigenvalue weighted by molar-refractivity contribution is -0.117. The van der Waals surface area contributed by atoms with E-state index >= 15 is 0 Å². The molecule has 0 saturated carbocycles. The highest BCUT2D eigenvalue weighted by molar-refractivity contribution is 5.96. The van der Waals surface area contributed by atoms with E-state index in [4.69, 9.17) is 0 Å². The lowest BCUT2D eigenvalue weighted by atomic mass is 10.1. The molecule has 0 fully saturated rings. The predicted octanol–water partition coefficient (Wildman–Crippen LogP) is 3.00. The van der Waals surface area contributed by atoms with E-state index in [2.05, 4.69) is 18.8 Å². The number of nitrogens with zero attached hydrogens (tertiary/aromatic N) is 2. The average Bonchev–Trinajstić information content (AvgIpc) is 2.67. The molecule has 1 atom stereocenters. The van der Waals surface area contributed by atoms with Gasteiger partial charge in [-0.1, -0.05) is 6.92 Å². The van der Waals surface area contributed by atoms with Crippen molar-refractivity contribution in [3.63, 3.8) is 0 Å². The van der Waals surface area contributed by atoms with E-state index in [1.807, 2.05) is 17.7 Å². The summed E-state index contributed by atoms with van der Waals surface area (Å²) in [6.45, 7) is 9.53. The molecule has 0 bridgehead atoms. The van der Waals surface area contributed by atoms with E-state index in [-0.39, 0.29) is 11.6 Å². The second-order valence-electron chi connectivity index (χ2n) is 5.29. The smallest absolute Gasteiger partial charge is 0.161 e. The molecular formula is C16H24N2O2. The van der Waals surface area contributed by atoms with Crippen molar-refractivity contribution >= 4 is 17.8 Å². The molecule has 0 aromatic carbocycles. The second kappa shape index (κ2) is 7.17. The summed E-state index contributed by atoms with van der Waals surface area (Å²) >= 11 is 0. The van der Waals surface area contributed by atoms with Crippen molar-refractivity contribution in [3.05, 3.63) is 23.0 Å². The standard InChI is InChI=1S/C16H24N2O2/c1-6-11(2)17-8-7-15-13(4)18(9-12(3)19)10-16(15)14(5)20/h8,10-11H,6-7,9H2,1-5H3. The van der Waals surface area contributed by atoms with Crippen LogP contribution < -0.4 is 0 Å². The van der Waals surface area contributed by atoms with Gasteiger partial charge in [0.2, 0.25) is 0 Å². The Morgan fingerprint density at radius 1 is 1.40 bits per heavy atom. The van der Waals surface area contributed by atoms with Crippen LogP contribution >= 0.6 is 0 Å². The maximum absolute atomic E-state index is 11.7. The zero-order valence-electron chi connectivity index (χ0n) is 13.1. The third kappa shape index (κ3) is 4.15. The summed E-state index contributed by atoms with van der Waals surface area (Å²) in [4.78, 5) is 27.4. The van der Waals surface area contributed by atoms with E-state index in [0.29, 0.717) is 24.6 Å². The van der Waals surface area contributed by atoms with Crippen LogP contribution in [0.1, 0.15) is 55.7 Å². The highest BCUT2D eigenvalue weighted by Crippen LogP contribution is 2.18. The van der Waals surface area contributed by atoms with Gasteiger partial charge in [0.1, 0.15) is 5.78 Å². The van der Waals surface area contributed by atoms with E-state index < -0.39 is 0 Å². The van der Waals surface area contributed by atoms with Gasteiger partial charge < -0.3 is 4.57 Å². The molecule has 20 heavy (non-hydrogen) atoms. The first-order valence-corrected chi connectivity index (χ1v) is 7.07. The summed E-state index contributed by atoms with van der Waals surface area (Å²) in [5.74, 6) is 0.111. The first kappa shape index (κ1) is 16.3. The van der Waals surface area contributed by atoms with Crippen molar-refractivity contribution in [2.75, 3.05) is 0 Å². The number of carbonyl (C=O) groups excluding carboxylic acids is 2. The molecule has 0 aliphatic rings. The molecule has 4 heteroatoms. The Bertz CT molecular complexity index is 527. The van der Waals surface area contributed by atoms with Crippen molar-refractivity contribution in [1.29, 1.82) is 0 Å². The topological polar surface area (TPSA) is 51.4 Å². The number of ketones is 2. The van der Waals surface area contributed by atoms with E-state index in [1.165, 1.54) is 0 Å². The lowest BCUT2D eigenvalue weighted by Crippen LogP contribution is -2.07. The Labute approximate surface area is 120 Å². The van der Waals surface area contributed by atoms with Gasteiger partial charge in [-0.3, -0.25) is 14.6 Å². The number of hydrogen-bond acceptors (Lipinski definition) is 3. The minimum Gasteiger partial charge on any atom is -0.343 e. The fourth-order valence-electron chi connectivity index (χ4n) is 2.09. The zero-order chi connectivity index (χ0) is 15.3. The van der Waals surface area contributed by atoms with Crippen LogP contribution in [0.4, 0.5) is 0 Å². The fraction of sp³-hybridized carbons (Fsp3) is 0.562. The fourth-order valence-corrected chi connectivity index (χ4v) is 2.09. The Morgan fingerprint density at radius 3 is 2.55 bits per heavy atom. The van der Waals surface area contributed by atoms with E-state index in [9.17, 15) is 9.59 Å². The Balaban J connectivity index is 3.03. The van der Waals surface area contributed by atoms with Crippen LogP contribution in [-0.4, -0.2) is 28.4 Å². The van der Waals surface area contributed by atoms with Gasteiger partial charge >= 0.3 is 0 Å². The molecule has 0 aliphatic heterocycles. The van der Waals surface area contributed by atoms with E-state index in [0.717, 1.165) is 17.7 Å². The second-order valence-corrected chi connectivity index (χ2v) is 5.29. The Morgan fingerprint density at radius 2 is 2.05 bits per heavy atom. The summed E-state index contributed by atoms with van der Waals surface area (Å²) in [5, 5.41) is 0. The zero-order valence-corrected chi connectivity index (χ0v) is 13.1. The van der Waals surface area contributed by atoms with Crippen LogP contribution in [0.5, 0.6) is 0 Å². The first-order valence-electron chi connectivity index (χ1n) is 7.07. The minimum atomic E-state index is 0.0299. The van der Waals surface area contributed by atoms with Crippen LogP contribution in [0.15, 0.2) is 11.2 Å². The summed E-state index contributed by atoms with van der Waals surface area (Å²) in [6.07, 6.45) is 5.29. The summed E-state index contributed by atoms with van der Waals surface area (Å²) < 4.78 is 1.85. The van der Waals surface area contributed by atoms with Gasteiger partial charge in [0.15, 0.2) is 5.78 Å². The molecule has 4 nitrogen and oxygen atoms in total. The number of aromatic nitrogens is 1. The van der Waals surface area contributed by atoms with Crippen molar-refractivity contribution < 1.29 is 9.59 Å². The highest BCUT2D eigenvalue weighted by atomic mass is 16.1. The van der Waals surface area contributed by atoms with Gasteiger partial charge in [-0.05, 0) is 39.7 Å². The minimum absolute atomic E-state index is 0.0299. The summed E-state index contributed by atoms with van der Waals surface area (Å²) in [5.41, 5.74) is 2.64. The molecule has 0 saturated heterocycles. The molecule has 110 valence electrons. The first-order chi connectivity index (χ1) is 9.36. The molecule has 0 amide bonds. The molecule has 1 unspecified atom stereocenters. The molecule has 1 heterocycles. The number of aliphatic imine (C=N–C) groups is 1. The number of rotatable bonds is 7. The molecule has 0 N–H and O–H groups in total. The molecule has 1 aromatic rings. The van der Waals surface area contributed by atoms with Gasteiger partial charge in [0, 0.05) is 36.1 Å². The molecule has 0 spiro atoms. The molecular weight excluding hydrogens is 252 g/mol. The SMILES string of the molecule is CCC(C)N=CCc1c(C(C)=O)cn(CC(C)=O)c1C. The van der Waals surface area contributed by atoms with Gasteiger partial charge in [-0.2, -0.15) is 0 Å². The number of hydrogen-bond donors (Lipinski definition) is 0. The Kier molecular flexibility index (Phi) is 5.86. The lowest BCUT2D eigenvalue weighted by Gasteiger charge is -2.04. The average molecular weight is 276 g/mol. The molecule has 0 radical (unpaired) electrons. The normalized spacial score (nSPS) is 12.8. The predicted molar refractivity (Wildman–Crippen MR) is 81.8 cm³/mol. The summed E-state index contributed by atoms with van der Waals surface area (Å²) in [6, 6.07) is 0.301. The summed E-state index contributed by atoms with van der Waals surface area (Å²) in [7, 11) is 0. The van der Waals surface area contributed by atoms with Crippen molar-refractivity contribution in [2.24, 2.45) is 4.99 Å². The van der Waals surface area contributed by atoms with Crippen LogP contribution in [0.25, 0.3) is 0 Å². The third-order valence-corrected chi connectivity index (χ3v) is 3.50. The largest absolute Gasteiger partial charge is 0.343 e. The van der Waals surface area contributed by atoms with Crippen molar-refractivity contribution in [3.8, 4) is 0 Å².